The Kier molecular flexibility index (Phi) is 3.09. The highest BCUT2D eigenvalue weighted by atomic mass is 16.4. The first-order valence-electron chi connectivity index (χ1n) is 4.69. The third-order valence-electron chi connectivity index (χ3n) is 2.97. The Morgan fingerprint density at radius 2 is 2.46 bits per heavy atom. The minimum atomic E-state index is -0.686. The molecule has 0 spiro atoms. The first-order valence-corrected chi connectivity index (χ1v) is 4.69. The van der Waals surface area contributed by atoms with Crippen LogP contribution in [0, 0.1) is 0 Å². The van der Waals surface area contributed by atoms with E-state index in [9.17, 15) is 9.90 Å². The second kappa shape index (κ2) is 3.92. The van der Waals surface area contributed by atoms with Crippen LogP contribution in [0.15, 0.2) is 12.7 Å². The first-order chi connectivity index (χ1) is 6.13. The Bertz CT molecular complexity index is 215. The summed E-state index contributed by atoms with van der Waals surface area (Å²) in [5, 5.41) is 9.18. The highest BCUT2D eigenvalue weighted by molar-refractivity contribution is 5.79. The van der Waals surface area contributed by atoms with Crippen molar-refractivity contribution in [2.75, 3.05) is 13.6 Å². The summed E-state index contributed by atoms with van der Waals surface area (Å²) in [7, 11) is 1.89. The van der Waals surface area contributed by atoms with Crippen molar-refractivity contribution in [1.82, 2.24) is 4.90 Å². The molecule has 0 unspecified atom stereocenters. The summed E-state index contributed by atoms with van der Waals surface area (Å²) in [4.78, 5) is 13.1. The molecule has 1 fully saturated rings. The fraction of sp³-hybridized carbons (Fsp3) is 0.700. The minimum Gasteiger partial charge on any atom is -0.480 e. The Hall–Kier alpha value is -0.830. The van der Waals surface area contributed by atoms with Gasteiger partial charge in [0.25, 0.3) is 0 Å². The lowest BCUT2D eigenvalue weighted by Crippen LogP contribution is -2.48. The first kappa shape index (κ1) is 10.3. The van der Waals surface area contributed by atoms with Gasteiger partial charge >= 0.3 is 5.97 Å². The largest absolute Gasteiger partial charge is 0.480 e. The topological polar surface area (TPSA) is 40.5 Å². The Balaban J connectivity index is 2.74. The number of aliphatic carboxylic acids is 1. The zero-order chi connectivity index (χ0) is 9.90. The standard InChI is InChI=1S/C10H17NO2/c1-3-4-6-10(9(12)13)7-5-8-11(10)2/h3H,1,4-8H2,2H3,(H,12,13)/t10-/m0/s1. The Labute approximate surface area is 79.0 Å². The van der Waals surface area contributed by atoms with Gasteiger partial charge in [0.15, 0.2) is 0 Å². The lowest BCUT2D eigenvalue weighted by Gasteiger charge is -2.31. The summed E-state index contributed by atoms with van der Waals surface area (Å²) < 4.78 is 0. The van der Waals surface area contributed by atoms with Crippen molar-refractivity contribution < 1.29 is 9.90 Å². The van der Waals surface area contributed by atoms with Crippen LogP contribution in [0.25, 0.3) is 0 Å². The zero-order valence-electron chi connectivity index (χ0n) is 8.12. The molecular formula is C10H17NO2. The number of carboxylic acid groups (broad SMARTS) is 1. The third kappa shape index (κ3) is 1.75. The molecule has 13 heavy (non-hydrogen) atoms. The normalized spacial score (nSPS) is 29.0. The molecule has 0 bridgehead atoms. The van der Waals surface area contributed by atoms with E-state index >= 15 is 0 Å². The predicted molar refractivity (Wildman–Crippen MR) is 51.7 cm³/mol. The van der Waals surface area contributed by atoms with E-state index in [-0.39, 0.29) is 0 Å². The van der Waals surface area contributed by atoms with E-state index < -0.39 is 11.5 Å². The van der Waals surface area contributed by atoms with Crippen LogP contribution in [0.1, 0.15) is 25.7 Å². The predicted octanol–water partition coefficient (Wildman–Crippen LogP) is 1.50. The number of allylic oxidation sites excluding steroid dienone is 1. The van der Waals surface area contributed by atoms with E-state index in [1.54, 1.807) is 6.08 Å². The molecule has 1 aliphatic heterocycles. The lowest BCUT2D eigenvalue weighted by atomic mass is 9.91. The van der Waals surface area contributed by atoms with Crippen LogP contribution in [0.5, 0.6) is 0 Å². The van der Waals surface area contributed by atoms with Crippen LogP contribution < -0.4 is 0 Å². The quantitative estimate of drug-likeness (QED) is 0.671. The SMILES string of the molecule is C=CCC[C@@]1(C(=O)O)CCCN1C. The van der Waals surface area contributed by atoms with Crippen LogP contribution in [0.4, 0.5) is 0 Å². The molecule has 0 aromatic carbocycles. The van der Waals surface area contributed by atoms with Gasteiger partial charge in [0.1, 0.15) is 5.54 Å². The van der Waals surface area contributed by atoms with E-state index in [1.165, 1.54) is 0 Å². The molecule has 74 valence electrons. The summed E-state index contributed by atoms with van der Waals surface area (Å²) in [6.07, 6.45) is 5.00. The van der Waals surface area contributed by atoms with Gasteiger partial charge in [-0.1, -0.05) is 6.08 Å². The Morgan fingerprint density at radius 3 is 2.85 bits per heavy atom. The van der Waals surface area contributed by atoms with E-state index in [0.717, 1.165) is 25.8 Å². The molecule has 0 aliphatic carbocycles. The summed E-state index contributed by atoms with van der Waals surface area (Å²) in [5.41, 5.74) is -0.617. The number of nitrogens with zero attached hydrogens (tertiary/aromatic N) is 1. The molecule has 0 radical (unpaired) electrons. The number of hydrogen-bond donors (Lipinski definition) is 1. The summed E-state index contributed by atoms with van der Waals surface area (Å²) in [5.74, 6) is -0.686. The van der Waals surface area contributed by atoms with Gasteiger partial charge in [-0.05, 0) is 39.3 Å². The number of carbonyl (C=O) groups is 1. The van der Waals surface area contributed by atoms with Crippen LogP contribution in [0.3, 0.4) is 0 Å². The molecule has 1 heterocycles. The molecule has 0 saturated carbocycles. The van der Waals surface area contributed by atoms with Gasteiger partial charge in [0.05, 0.1) is 0 Å². The molecule has 3 nitrogen and oxygen atoms in total. The van der Waals surface area contributed by atoms with Crippen LogP contribution in [-0.4, -0.2) is 35.1 Å². The summed E-state index contributed by atoms with van der Waals surface area (Å²) in [6.45, 7) is 4.52. The number of rotatable bonds is 4. The maximum absolute atomic E-state index is 11.2. The number of likely N-dealkylation sites (tertiary alicyclic amines) is 1. The van der Waals surface area contributed by atoms with Crippen molar-refractivity contribution in [2.24, 2.45) is 0 Å². The van der Waals surface area contributed by atoms with Gasteiger partial charge in [-0.3, -0.25) is 9.69 Å². The van der Waals surface area contributed by atoms with E-state index in [1.807, 2.05) is 11.9 Å². The van der Waals surface area contributed by atoms with Crippen LogP contribution in [-0.2, 0) is 4.79 Å². The molecular weight excluding hydrogens is 166 g/mol. The average molecular weight is 183 g/mol. The van der Waals surface area contributed by atoms with Crippen LogP contribution in [0.2, 0.25) is 0 Å². The fourth-order valence-corrected chi connectivity index (χ4v) is 2.05. The van der Waals surface area contributed by atoms with Gasteiger partial charge in [-0.15, -0.1) is 6.58 Å². The molecule has 3 heteroatoms. The van der Waals surface area contributed by atoms with Crippen molar-refractivity contribution in [1.29, 1.82) is 0 Å². The molecule has 1 N–H and O–H groups in total. The van der Waals surface area contributed by atoms with Crippen molar-refractivity contribution in [2.45, 2.75) is 31.2 Å². The number of carboxylic acids is 1. The highest BCUT2D eigenvalue weighted by Gasteiger charge is 2.44. The van der Waals surface area contributed by atoms with E-state index in [2.05, 4.69) is 6.58 Å². The molecule has 0 aromatic heterocycles. The van der Waals surface area contributed by atoms with Gasteiger partial charge in [0, 0.05) is 0 Å². The summed E-state index contributed by atoms with van der Waals surface area (Å²) >= 11 is 0. The van der Waals surface area contributed by atoms with E-state index in [0.29, 0.717) is 6.42 Å². The Morgan fingerprint density at radius 1 is 1.77 bits per heavy atom. The lowest BCUT2D eigenvalue weighted by molar-refractivity contribution is -0.149. The molecule has 1 atom stereocenters. The van der Waals surface area contributed by atoms with Crippen molar-refractivity contribution in [3.05, 3.63) is 12.7 Å². The van der Waals surface area contributed by atoms with Crippen LogP contribution >= 0.6 is 0 Å². The van der Waals surface area contributed by atoms with Gasteiger partial charge in [0.2, 0.25) is 0 Å². The minimum absolute atomic E-state index is 0.617. The second-order valence-electron chi connectivity index (χ2n) is 3.69. The maximum Gasteiger partial charge on any atom is 0.324 e. The molecule has 1 aliphatic rings. The smallest absolute Gasteiger partial charge is 0.324 e. The third-order valence-corrected chi connectivity index (χ3v) is 2.97. The van der Waals surface area contributed by atoms with Crippen molar-refractivity contribution >= 4 is 5.97 Å². The summed E-state index contributed by atoms with van der Waals surface area (Å²) in [6, 6.07) is 0. The van der Waals surface area contributed by atoms with Gasteiger partial charge in [-0.25, -0.2) is 0 Å². The van der Waals surface area contributed by atoms with Gasteiger partial charge in [-0.2, -0.15) is 0 Å². The number of likely N-dealkylation sites (N-methyl/N-ethyl adjacent to an activating group) is 1. The molecule has 0 amide bonds. The van der Waals surface area contributed by atoms with Crippen molar-refractivity contribution in [3.8, 4) is 0 Å². The average Bonchev–Trinajstić information content (AvgIpc) is 2.45. The van der Waals surface area contributed by atoms with Crippen molar-refractivity contribution in [3.63, 3.8) is 0 Å². The van der Waals surface area contributed by atoms with E-state index in [4.69, 9.17) is 0 Å². The molecule has 1 saturated heterocycles. The molecule has 1 rings (SSSR count). The van der Waals surface area contributed by atoms with Gasteiger partial charge < -0.3 is 5.11 Å². The monoisotopic (exact) mass is 183 g/mol. The second-order valence-corrected chi connectivity index (χ2v) is 3.69. The maximum atomic E-state index is 11.2. The number of hydrogen-bond acceptors (Lipinski definition) is 2. The zero-order valence-corrected chi connectivity index (χ0v) is 8.12. The molecule has 0 aromatic rings. The highest BCUT2D eigenvalue weighted by Crippen LogP contribution is 2.32. The fourth-order valence-electron chi connectivity index (χ4n) is 2.05.